The van der Waals surface area contributed by atoms with Crippen LogP contribution in [0.4, 0.5) is 0 Å². The molecule has 1 heterocycles. The molecule has 3 aliphatic rings. The highest BCUT2D eigenvalue weighted by Gasteiger charge is 2.32. The average Bonchev–Trinajstić information content (AvgIpc) is 3.82. The smallest absolute Gasteiger partial charge is 0.273 e. The summed E-state index contributed by atoms with van der Waals surface area (Å²) in [5.74, 6) is -1.14. The Morgan fingerprint density at radius 3 is 1.98 bits per heavy atom. The molecule has 3 saturated carbocycles. The number of nitrogens with zero attached hydrogens (tertiary/aromatic N) is 2. The molecule has 3 aromatic rings. The second kappa shape index (κ2) is 17.6. The third kappa shape index (κ3) is 9.69. The van der Waals surface area contributed by atoms with E-state index in [1.165, 1.54) is 10.7 Å². The van der Waals surface area contributed by atoms with Crippen molar-refractivity contribution in [3.63, 3.8) is 0 Å². The van der Waals surface area contributed by atoms with Gasteiger partial charge in [-0.25, -0.2) is 4.68 Å². The van der Waals surface area contributed by atoms with E-state index in [-0.39, 0.29) is 60.0 Å². The lowest BCUT2D eigenvalue weighted by atomic mass is 9.84. The first-order valence-electron chi connectivity index (χ1n) is 18.4. The summed E-state index contributed by atoms with van der Waals surface area (Å²) in [5, 5.41) is 13.7. The molecule has 3 N–H and O–H groups in total. The van der Waals surface area contributed by atoms with E-state index in [9.17, 15) is 14.4 Å². The van der Waals surface area contributed by atoms with E-state index in [0.29, 0.717) is 18.9 Å². The van der Waals surface area contributed by atoms with E-state index >= 15 is 0 Å². The number of amides is 3. The van der Waals surface area contributed by atoms with E-state index in [2.05, 4.69) is 27.6 Å². The molecule has 3 aliphatic carbocycles. The second-order valence-corrected chi connectivity index (χ2v) is 14.0. The van der Waals surface area contributed by atoms with Crippen molar-refractivity contribution in [3.05, 3.63) is 102 Å². The normalized spacial score (nSPS) is 22.5. The van der Waals surface area contributed by atoms with Crippen molar-refractivity contribution in [1.29, 1.82) is 0 Å². The summed E-state index contributed by atoms with van der Waals surface area (Å²) in [6, 6.07) is 21.5. The number of carbonyl (C=O) groups is 3. The van der Waals surface area contributed by atoms with Gasteiger partial charge in [0.1, 0.15) is 12.2 Å². The third-order valence-corrected chi connectivity index (χ3v) is 10.3. The van der Waals surface area contributed by atoms with Crippen molar-refractivity contribution in [1.82, 2.24) is 25.7 Å². The summed E-state index contributed by atoms with van der Waals surface area (Å²) < 4.78 is 14.0. The summed E-state index contributed by atoms with van der Waals surface area (Å²) in [5.41, 5.74) is 3.00. The molecule has 6 rings (SSSR count). The monoisotopic (exact) mass is 681 g/mol. The van der Waals surface area contributed by atoms with Gasteiger partial charge >= 0.3 is 0 Å². The van der Waals surface area contributed by atoms with E-state index in [1.54, 1.807) is 0 Å². The van der Waals surface area contributed by atoms with Crippen LogP contribution in [-0.2, 0) is 34.0 Å². The van der Waals surface area contributed by atoms with Crippen LogP contribution in [0.1, 0.15) is 109 Å². The molecule has 10 heteroatoms. The number of rotatable bonds is 14. The number of carbonyl (C=O) groups excluding carboxylic acids is 3. The topological polar surface area (TPSA) is 124 Å². The number of benzene rings is 2. The third-order valence-electron chi connectivity index (χ3n) is 10.3. The Balaban J connectivity index is 1.13. The fourth-order valence-corrected chi connectivity index (χ4v) is 7.56. The summed E-state index contributed by atoms with van der Waals surface area (Å²) >= 11 is 0. The SMILES string of the molecule is C=C(NC(=O)c1cc(C(=O)NC2CCCC2)nn1CC(=O)N[C@H]1CCCC[C@@H]1OCc1ccccc1)[C@H]1CCCC[C@@H]1OCc1ccccc1. The molecule has 0 spiro atoms. The molecule has 3 fully saturated rings. The van der Waals surface area contributed by atoms with Gasteiger partial charge in [-0.3, -0.25) is 14.4 Å². The minimum atomic E-state index is -0.454. The van der Waals surface area contributed by atoms with Crippen LogP contribution in [-0.4, -0.2) is 51.8 Å². The summed E-state index contributed by atoms with van der Waals surface area (Å²) in [7, 11) is 0. The second-order valence-electron chi connectivity index (χ2n) is 14.0. The molecule has 266 valence electrons. The molecule has 0 saturated heterocycles. The quantitative estimate of drug-likeness (QED) is 0.186. The maximum absolute atomic E-state index is 13.9. The van der Waals surface area contributed by atoms with Gasteiger partial charge in [0, 0.05) is 23.7 Å². The Kier molecular flexibility index (Phi) is 12.5. The number of hydrogen-bond acceptors (Lipinski definition) is 6. The van der Waals surface area contributed by atoms with Gasteiger partial charge in [-0.1, -0.05) is 106 Å². The van der Waals surface area contributed by atoms with E-state index in [1.807, 2.05) is 60.7 Å². The van der Waals surface area contributed by atoms with Crippen LogP contribution >= 0.6 is 0 Å². The maximum Gasteiger partial charge on any atom is 0.273 e. The minimum Gasteiger partial charge on any atom is -0.373 e. The zero-order chi connectivity index (χ0) is 34.7. The largest absolute Gasteiger partial charge is 0.373 e. The van der Waals surface area contributed by atoms with Gasteiger partial charge in [0.2, 0.25) is 5.91 Å². The summed E-state index contributed by atoms with van der Waals surface area (Å²) in [6.07, 6.45) is 11.3. The molecule has 0 bridgehead atoms. The highest BCUT2D eigenvalue weighted by Crippen LogP contribution is 2.32. The van der Waals surface area contributed by atoms with Crippen molar-refractivity contribution >= 4 is 17.7 Å². The molecular weight excluding hydrogens is 630 g/mol. The van der Waals surface area contributed by atoms with Crippen LogP contribution < -0.4 is 16.0 Å². The number of ether oxygens (including phenoxy) is 2. The van der Waals surface area contributed by atoms with Crippen LogP contribution in [0.25, 0.3) is 0 Å². The van der Waals surface area contributed by atoms with Gasteiger partial charge < -0.3 is 25.4 Å². The standard InChI is InChI=1S/C40H51N5O5/c1-28(32-20-10-12-22-36(32)49-26-29-14-4-2-5-15-29)41-40(48)35-24-34(39(47)42-31-18-8-9-19-31)44-45(35)25-38(46)43-33-21-11-13-23-37(33)50-27-30-16-6-3-7-17-30/h2-7,14-17,24,31-33,36-37H,1,8-13,18-23,25-27H2,(H,41,48)(H,42,47)(H,43,46)/t32-,33+,36+,37+/m1/s1. The van der Waals surface area contributed by atoms with Crippen molar-refractivity contribution in [3.8, 4) is 0 Å². The van der Waals surface area contributed by atoms with Crippen molar-refractivity contribution < 1.29 is 23.9 Å². The summed E-state index contributed by atoms with van der Waals surface area (Å²) in [4.78, 5) is 40.7. The van der Waals surface area contributed by atoms with Gasteiger partial charge in [-0.2, -0.15) is 5.10 Å². The Morgan fingerprint density at radius 2 is 1.30 bits per heavy atom. The Hall–Kier alpha value is -4.28. The van der Waals surface area contributed by atoms with Crippen molar-refractivity contribution in [2.24, 2.45) is 5.92 Å². The van der Waals surface area contributed by atoms with E-state index in [4.69, 9.17) is 9.47 Å². The number of hydrogen-bond donors (Lipinski definition) is 3. The first kappa shape index (κ1) is 35.5. The molecule has 0 radical (unpaired) electrons. The molecule has 4 atom stereocenters. The predicted molar refractivity (Wildman–Crippen MR) is 191 cm³/mol. The molecular formula is C40H51N5O5. The first-order valence-corrected chi connectivity index (χ1v) is 18.4. The molecule has 0 unspecified atom stereocenters. The predicted octanol–water partition coefficient (Wildman–Crippen LogP) is 6.22. The average molecular weight is 682 g/mol. The lowest BCUT2D eigenvalue weighted by Crippen LogP contribution is -2.47. The van der Waals surface area contributed by atoms with E-state index in [0.717, 1.165) is 88.2 Å². The molecule has 1 aromatic heterocycles. The zero-order valence-electron chi connectivity index (χ0n) is 29.0. The van der Waals surface area contributed by atoms with Crippen LogP contribution in [0.15, 0.2) is 79.0 Å². The lowest BCUT2D eigenvalue weighted by Gasteiger charge is -2.33. The highest BCUT2D eigenvalue weighted by molar-refractivity contribution is 5.99. The molecule has 3 amide bonds. The van der Waals surface area contributed by atoms with Crippen LogP contribution in [0.5, 0.6) is 0 Å². The van der Waals surface area contributed by atoms with Crippen LogP contribution in [0.3, 0.4) is 0 Å². The minimum absolute atomic E-state index is 0.0552. The molecule has 0 aliphatic heterocycles. The van der Waals surface area contributed by atoms with Gasteiger partial charge in [0.15, 0.2) is 5.69 Å². The zero-order valence-corrected chi connectivity index (χ0v) is 29.0. The fraction of sp³-hybridized carbons (Fsp3) is 0.500. The number of aromatic nitrogens is 2. The van der Waals surface area contributed by atoms with Gasteiger partial charge in [-0.05, 0) is 49.7 Å². The Bertz CT molecular complexity index is 1590. The highest BCUT2D eigenvalue weighted by atomic mass is 16.5. The van der Waals surface area contributed by atoms with Crippen LogP contribution in [0, 0.1) is 5.92 Å². The Labute approximate surface area is 295 Å². The van der Waals surface area contributed by atoms with Gasteiger partial charge in [-0.15, -0.1) is 0 Å². The maximum atomic E-state index is 13.9. The van der Waals surface area contributed by atoms with Crippen molar-refractivity contribution in [2.45, 2.75) is 121 Å². The summed E-state index contributed by atoms with van der Waals surface area (Å²) in [6.45, 7) is 5.02. The molecule has 10 nitrogen and oxygen atoms in total. The first-order chi connectivity index (χ1) is 24.4. The van der Waals surface area contributed by atoms with E-state index < -0.39 is 5.91 Å². The van der Waals surface area contributed by atoms with Gasteiger partial charge in [0.05, 0.1) is 31.5 Å². The fourth-order valence-electron chi connectivity index (χ4n) is 7.56. The molecule has 50 heavy (non-hydrogen) atoms. The van der Waals surface area contributed by atoms with Crippen LogP contribution in [0.2, 0.25) is 0 Å². The molecule has 2 aromatic carbocycles. The lowest BCUT2D eigenvalue weighted by molar-refractivity contribution is -0.124. The van der Waals surface area contributed by atoms with Crippen molar-refractivity contribution in [2.75, 3.05) is 0 Å². The van der Waals surface area contributed by atoms with Gasteiger partial charge in [0.25, 0.3) is 11.8 Å². The Morgan fingerprint density at radius 1 is 0.720 bits per heavy atom. The number of nitrogens with one attached hydrogen (secondary N) is 3.